The van der Waals surface area contributed by atoms with Crippen LogP contribution in [-0.4, -0.2) is 41.7 Å². The van der Waals surface area contributed by atoms with Crippen molar-refractivity contribution in [3.8, 4) is 5.75 Å². The number of fused-ring (bicyclic) bond motifs is 5. The van der Waals surface area contributed by atoms with E-state index in [2.05, 4.69) is 42.2 Å². The second kappa shape index (κ2) is 10.9. The second-order valence-corrected chi connectivity index (χ2v) is 14.1. The molecule has 4 aromatic rings. The normalized spacial score (nSPS) is 20.8. The van der Waals surface area contributed by atoms with Gasteiger partial charge in [0.05, 0.1) is 28.6 Å². The van der Waals surface area contributed by atoms with Crippen molar-refractivity contribution in [2.75, 3.05) is 19.4 Å². The van der Waals surface area contributed by atoms with Crippen molar-refractivity contribution < 1.29 is 13.2 Å². The molecule has 8 heteroatoms. The molecule has 1 fully saturated rings. The maximum absolute atomic E-state index is 14.2. The van der Waals surface area contributed by atoms with E-state index in [1.807, 2.05) is 36.0 Å². The van der Waals surface area contributed by atoms with Gasteiger partial charge in [-0.25, -0.2) is 12.4 Å². The first-order valence-corrected chi connectivity index (χ1v) is 16.7. The van der Waals surface area contributed by atoms with Crippen LogP contribution in [0.4, 0.5) is 0 Å². The van der Waals surface area contributed by atoms with Gasteiger partial charge >= 0.3 is 0 Å². The van der Waals surface area contributed by atoms with Crippen LogP contribution in [0.1, 0.15) is 49.9 Å². The molecule has 0 unspecified atom stereocenters. The summed E-state index contributed by atoms with van der Waals surface area (Å²) in [4.78, 5) is 4.94. The molecule has 0 bridgehead atoms. The van der Waals surface area contributed by atoms with E-state index < -0.39 is 10.0 Å². The highest BCUT2D eigenvalue weighted by molar-refractivity contribution is 7.99. The van der Waals surface area contributed by atoms with Crippen LogP contribution < -0.4 is 4.74 Å². The van der Waals surface area contributed by atoms with Crippen LogP contribution in [0.5, 0.6) is 5.75 Å². The van der Waals surface area contributed by atoms with Crippen molar-refractivity contribution in [3.63, 3.8) is 0 Å². The Balaban J connectivity index is 1.48. The Bertz CT molecular complexity index is 1650. The summed E-state index contributed by atoms with van der Waals surface area (Å²) >= 11 is 7.88. The summed E-state index contributed by atoms with van der Waals surface area (Å²) in [6.07, 6.45) is 4.66. The smallest absolute Gasteiger partial charge is 0.268 e. The maximum Gasteiger partial charge on any atom is 0.268 e. The SMILES string of the molecule is CC[C@]12CCC(=S)N(CCSc3ccccc3)[C@H]1c1c(n(S(=O)(=O)c3ccc(OC)cc3)c3ccccc13)CC2. The first-order valence-electron chi connectivity index (χ1n) is 13.9. The van der Waals surface area contributed by atoms with Gasteiger partial charge < -0.3 is 9.64 Å². The standard InChI is InChI=1S/C32H34N2O3S3/c1-3-32-19-17-28-30(31(32)33(29(38)18-20-32)21-22-39-24-9-5-4-6-10-24)26-11-7-8-12-27(26)34(28)40(35,36)25-15-13-23(37-2)14-16-25/h4-16,31H,3,17-22H2,1-2H3/t31-,32-/m0/s1. The van der Waals surface area contributed by atoms with Gasteiger partial charge in [-0.1, -0.05) is 55.5 Å². The molecule has 2 aliphatic rings. The van der Waals surface area contributed by atoms with E-state index in [0.29, 0.717) is 5.75 Å². The lowest BCUT2D eigenvalue weighted by Crippen LogP contribution is -2.51. The average Bonchev–Trinajstić information content (AvgIpc) is 3.34. The molecule has 1 aliphatic carbocycles. The Morgan fingerprint density at radius 3 is 2.40 bits per heavy atom. The highest BCUT2D eigenvalue weighted by atomic mass is 32.2. The van der Waals surface area contributed by atoms with Crippen LogP contribution in [0.2, 0.25) is 0 Å². The number of methoxy groups -OCH3 is 1. The minimum absolute atomic E-state index is 0.0519. The van der Waals surface area contributed by atoms with Gasteiger partial charge in [-0.3, -0.25) is 0 Å². The lowest BCUT2D eigenvalue weighted by Gasteiger charge is -2.54. The van der Waals surface area contributed by atoms with Crippen LogP contribution in [0.15, 0.2) is 88.7 Å². The molecule has 2 heterocycles. The number of hydrogen-bond acceptors (Lipinski definition) is 5. The van der Waals surface area contributed by atoms with Gasteiger partial charge in [-0.15, -0.1) is 11.8 Å². The average molecular weight is 591 g/mol. The van der Waals surface area contributed by atoms with E-state index in [9.17, 15) is 8.42 Å². The van der Waals surface area contributed by atoms with Crippen LogP contribution >= 0.6 is 24.0 Å². The number of aromatic nitrogens is 1. The molecule has 2 atom stereocenters. The van der Waals surface area contributed by atoms with Gasteiger partial charge in [-0.05, 0) is 80.0 Å². The van der Waals surface area contributed by atoms with E-state index in [4.69, 9.17) is 17.0 Å². The number of likely N-dealkylation sites (tertiary alicyclic amines) is 1. The first kappa shape index (κ1) is 27.4. The highest BCUT2D eigenvalue weighted by Crippen LogP contribution is 2.57. The number of rotatable bonds is 8. The van der Waals surface area contributed by atoms with Crippen LogP contribution in [0.3, 0.4) is 0 Å². The van der Waals surface area contributed by atoms with Crippen molar-refractivity contribution >= 4 is 49.9 Å². The molecule has 208 valence electrons. The summed E-state index contributed by atoms with van der Waals surface area (Å²) in [5, 5.41) is 1.02. The molecule has 1 aromatic heterocycles. The van der Waals surface area contributed by atoms with Crippen molar-refractivity contribution in [3.05, 3.63) is 90.1 Å². The van der Waals surface area contributed by atoms with E-state index in [1.54, 1.807) is 35.3 Å². The fourth-order valence-corrected chi connectivity index (χ4v) is 9.50. The molecule has 6 rings (SSSR count). The molecule has 5 nitrogen and oxygen atoms in total. The third-order valence-corrected chi connectivity index (χ3v) is 12.0. The van der Waals surface area contributed by atoms with Crippen LogP contribution in [-0.2, 0) is 16.4 Å². The van der Waals surface area contributed by atoms with Gasteiger partial charge in [-0.2, -0.15) is 0 Å². The van der Waals surface area contributed by atoms with Crippen molar-refractivity contribution in [2.45, 2.75) is 54.9 Å². The molecule has 0 amide bonds. The number of para-hydroxylation sites is 1. The lowest BCUT2D eigenvalue weighted by molar-refractivity contribution is 0.0612. The molecular formula is C32H34N2O3S3. The number of thioether (sulfide) groups is 1. The summed E-state index contributed by atoms with van der Waals surface area (Å²) in [5.41, 5.74) is 2.85. The monoisotopic (exact) mass is 590 g/mol. The Morgan fingerprint density at radius 2 is 1.68 bits per heavy atom. The molecule has 1 saturated heterocycles. The van der Waals surface area contributed by atoms with Crippen molar-refractivity contribution in [1.82, 2.24) is 8.87 Å². The summed E-state index contributed by atoms with van der Waals surface area (Å²) in [6, 6.07) is 25.2. The first-order chi connectivity index (χ1) is 19.4. The fourth-order valence-electron chi connectivity index (χ4n) is 6.74. The van der Waals surface area contributed by atoms with E-state index >= 15 is 0 Å². The fraction of sp³-hybridized carbons (Fsp3) is 0.344. The Hall–Kier alpha value is -2.81. The summed E-state index contributed by atoms with van der Waals surface area (Å²) in [5.74, 6) is 1.55. The quantitative estimate of drug-likeness (QED) is 0.157. The van der Waals surface area contributed by atoms with E-state index in [0.717, 1.165) is 71.6 Å². The third kappa shape index (κ3) is 4.54. The van der Waals surface area contributed by atoms with Gasteiger partial charge in [0.15, 0.2) is 0 Å². The van der Waals surface area contributed by atoms with E-state index in [-0.39, 0.29) is 16.4 Å². The molecule has 40 heavy (non-hydrogen) atoms. The zero-order valence-corrected chi connectivity index (χ0v) is 25.3. The third-order valence-electron chi connectivity index (χ3n) is 8.80. The predicted octanol–water partition coefficient (Wildman–Crippen LogP) is 7.49. The van der Waals surface area contributed by atoms with Gasteiger partial charge in [0, 0.05) is 33.8 Å². The zero-order valence-electron chi connectivity index (χ0n) is 22.9. The molecule has 0 spiro atoms. The number of thiocarbonyl (C=S) groups is 1. The largest absolute Gasteiger partial charge is 0.497 e. The summed E-state index contributed by atoms with van der Waals surface area (Å²) in [7, 11) is -2.25. The van der Waals surface area contributed by atoms with Crippen molar-refractivity contribution in [1.29, 1.82) is 0 Å². The number of hydrogen-bond donors (Lipinski definition) is 0. The van der Waals surface area contributed by atoms with Crippen LogP contribution in [0, 0.1) is 5.41 Å². The minimum Gasteiger partial charge on any atom is -0.497 e. The van der Waals surface area contributed by atoms with Gasteiger partial charge in [0.25, 0.3) is 10.0 Å². The minimum atomic E-state index is -3.83. The van der Waals surface area contributed by atoms with Gasteiger partial charge in [0.1, 0.15) is 5.75 Å². The number of piperidine rings is 1. The Kier molecular flexibility index (Phi) is 7.44. The second-order valence-electron chi connectivity index (χ2n) is 10.7. The summed E-state index contributed by atoms with van der Waals surface area (Å²) in [6.45, 7) is 3.12. The molecule has 0 radical (unpaired) electrons. The molecule has 3 aromatic carbocycles. The number of benzene rings is 3. The Labute approximate surface area is 246 Å². The zero-order chi connectivity index (χ0) is 27.9. The predicted molar refractivity (Wildman–Crippen MR) is 167 cm³/mol. The molecular weight excluding hydrogens is 557 g/mol. The van der Waals surface area contributed by atoms with Gasteiger partial charge in [0.2, 0.25) is 0 Å². The summed E-state index contributed by atoms with van der Waals surface area (Å²) < 4.78 is 35.4. The lowest BCUT2D eigenvalue weighted by atomic mass is 9.62. The van der Waals surface area contributed by atoms with Crippen LogP contribution in [0.25, 0.3) is 10.9 Å². The highest BCUT2D eigenvalue weighted by Gasteiger charge is 2.50. The molecule has 1 aliphatic heterocycles. The topological polar surface area (TPSA) is 51.5 Å². The number of ether oxygens (including phenoxy) is 1. The number of nitrogens with zero attached hydrogens (tertiary/aromatic N) is 2. The van der Waals surface area contributed by atoms with Crippen molar-refractivity contribution in [2.24, 2.45) is 5.41 Å². The Morgan fingerprint density at radius 1 is 0.975 bits per heavy atom. The molecule has 0 saturated carbocycles. The maximum atomic E-state index is 14.2. The van der Waals surface area contributed by atoms with E-state index in [1.165, 1.54) is 4.90 Å². The molecule has 0 N–H and O–H groups in total.